The maximum Gasteiger partial charge on any atom is 0.248 e. The molecule has 2 aliphatic heterocycles. The lowest BCUT2D eigenvalue weighted by molar-refractivity contribution is 0.0992. The van der Waals surface area contributed by atoms with E-state index in [4.69, 9.17) is 71.8 Å². The molecule has 0 saturated heterocycles. The summed E-state index contributed by atoms with van der Waals surface area (Å²) in [6, 6.07) is 47.6. The predicted octanol–water partition coefficient (Wildman–Crippen LogP) is 10.4. The van der Waals surface area contributed by atoms with Gasteiger partial charge in [0.2, 0.25) is 23.6 Å². The number of carbonyl (C=O) groups excluding carboxylic acids is 4. The molecule has 20 nitrogen and oxygen atoms in total. The molecule has 13 rings (SSSR count). The van der Waals surface area contributed by atoms with Crippen LogP contribution in [0.3, 0.4) is 0 Å². The molecule has 0 atom stereocenters. The van der Waals surface area contributed by atoms with E-state index in [0.29, 0.717) is 152 Å². The third-order valence-electron chi connectivity index (χ3n) is 13.2. The molecule has 11 aromatic rings. The average molecular weight is 1060 g/mol. The van der Waals surface area contributed by atoms with E-state index in [2.05, 4.69) is 9.97 Å². The van der Waals surface area contributed by atoms with Gasteiger partial charge in [0.1, 0.15) is 68.6 Å². The molecule has 80 heavy (non-hydrogen) atoms. The SMILES string of the molecule is NC(=O)c1ccc(Oc2ccc3c(c2)-c2nc-3nc3[nH]c(nc4nc(nc5[nH]c(n2)c2ccc(Oc6ccc(C(N)=O)cc6)cc52)-c2ccc(Oc5ccc(C(N)=O)cc5)cc2-4)c2cc(Oc4ccc(C(N)=O)cc4)ccc32)cc1. The van der Waals surface area contributed by atoms with Crippen molar-refractivity contribution in [2.75, 3.05) is 0 Å². The number of fused-ring (bicyclic) bond motifs is 20. The molecule has 8 aromatic carbocycles. The summed E-state index contributed by atoms with van der Waals surface area (Å²) in [4.78, 5) is 85.2. The Hall–Kier alpha value is -11.8. The molecule has 10 N–H and O–H groups in total. The molecule has 0 radical (unpaired) electrons. The van der Waals surface area contributed by atoms with Crippen LogP contribution in [-0.2, 0) is 0 Å². The summed E-state index contributed by atoms with van der Waals surface area (Å²) in [6.07, 6.45) is 0. The van der Waals surface area contributed by atoms with E-state index in [-0.39, 0.29) is 5.82 Å². The topological polar surface area (TPSA) is 318 Å². The number of aromatic amines is 2. The van der Waals surface area contributed by atoms with Gasteiger partial charge in [-0.3, -0.25) is 19.2 Å². The smallest absolute Gasteiger partial charge is 0.248 e. The van der Waals surface area contributed by atoms with Crippen LogP contribution < -0.4 is 41.9 Å². The third kappa shape index (κ3) is 9.06. The molecule has 0 fully saturated rings. The van der Waals surface area contributed by atoms with E-state index in [1.54, 1.807) is 127 Å². The molecule has 0 spiro atoms. The fourth-order valence-electron chi connectivity index (χ4n) is 9.26. The summed E-state index contributed by atoms with van der Waals surface area (Å²) in [5, 5.41) is 2.52. The number of amides is 4. The summed E-state index contributed by atoms with van der Waals surface area (Å²) >= 11 is 0. The molecule has 2 aliphatic rings. The Morgan fingerprint density at radius 1 is 0.275 bits per heavy atom. The molecule has 8 bridgehead atoms. The first-order valence-corrected chi connectivity index (χ1v) is 24.5. The quantitative estimate of drug-likeness (QED) is 0.0663. The molecule has 3 aromatic heterocycles. The number of hydrogen-bond acceptors (Lipinski definition) is 14. The minimum atomic E-state index is -0.567. The Morgan fingerprint density at radius 2 is 0.525 bits per heavy atom. The molecular formula is C60H38N12O8. The lowest BCUT2D eigenvalue weighted by atomic mass is 10.1. The minimum absolute atomic E-state index is 0.267. The van der Waals surface area contributed by atoms with Crippen molar-refractivity contribution < 1.29 is 38.1 Å². The summed E-state index contributed by atoms with van der Waals surface area (Å²) < 4.78 is 25.2. The number of primary amides is 4. The number of nitrogens with one attached hydrogen (secondary N) is 2. The van der Waals surface area contributed by atoms with E-state index in [1.165, 1.54) is 0 Å². The standard InChI is InChI=1S/C60H38N12O8/c61-49(73)29-1-9-33(10-2-29)77-37-17-21-41-45(25-37)57-66-53(41)65-54-42-22-18-39(79-35-13-5-31(6-14-35)51(63)75)27-47(42)59(67-54)72-60-48-28-40(80-36-15-7-32(8-16-36)52(64)76)20-24-44(48)56(71-60)70-58-46-26-38(19-23-43(46)55(68-57)69-58)78-34-11-3-30(4-12-34)50(62)74/h1-28H,(H2,61,73)(H2,62,74)(H2,63,75)(H2,64,76)(H2,65,66,67,68,69,70,71,72). The van der Waals surface area contributed by atoms with Crippen LogP contribution in [-0.4, -0.2) is 63.5 Å². The molecule has 0 unspecified atom stereocenters. The van der Waals surface area contributed by atoms with Crippen LogP contribution in [0.4, 0.5) is 0 Å². The van der Waals surface area contributed by atoms with Crippen molar-refractivity contribution in [3.8, 4) is 91.5 Å². The highest BCUT2D eigenvalue weighted by molar-refractivity contribution is 6.07. The summed E-state index contributed by atoms with van der Waals surface area (Å²) in [7, 11) is 0. The number of H-pyrrole nitrogens is 2. The number of aromatic nitrogens is 8. The van der Waals surface area contributed by atoms with Gasteiger partial charge in [0.15, 0.2) is 23.3 Å². The fourth-order valence-corrected chi connectivity index (χ4v) is 9.26. The monoisotopic (exact) mass is 1050 g/mol. The molecule has 20 heteroatoms. The first kappa shape index (κ1) is 47.9. The Balaban J connectivity index is 1.04. The summed E-state index contributed by atoms with van der Waals surface area (Å²) in [5.41, 5.74) is 27.3. The minimum Gasteiger partial charge on any atom is -0.457 e. The van der Waals surface area contributed by atoms with Crippen molar-refractivity contribution >= 4 is 67.8 Å². The normalized spacial score (nSPS) is 11.4. The third-order valence-corrected chi connectivity index (χ3v) is 13.2. The van der Waals surface area contributed by atoms with Crippen molar-refractivity contribution in [1.29, 1.82) is 0 Å². The van der Waals surface area contributed by atoms with Crippen LogP contribution in [0, 0.1) is 0 Å². The number of carbonyl (C=O) groups is 4. The first-order valence-electron chi connectivity index (χ1n) is 24.5. The van der Waals surface area contributed by atoms with Crippen LogP contribution in [0.2, 0.25) is 0 Å². The van der Waals surface area contributed by atoms with E-state index in [9.17, 15) is 19.2 Å². The molecule has 0 saturated carbocycles. The number of nitrogens with two attached hydrogens (primary N) is 4. The lowest BCUT2D eigenvalue weighted by Crippen LogP contribution is -2.10. The van der Waals surface area contributed by atoms with E-state index >= 15 is 0 Å². The Labute approximate surface area is 450 Å². The maximum atomic E-state index is 11.8. The summed E-state index contributed by atoms with van der Waals surface area (Å²) in [5.74, 6) is 2.51. The van der Waals surface area contributed by atoms with Crippen LogP contribution in [0.15, 0.2) is 170 Å². The zero-order valence-electron chi connectivity index (χ0n) is 41.4. The van der Waals surface area contributed by atoms with Gasteiger partial charge in [0.25, 0.3) is 0 Å². The van der Waals surface area contributed by atoms with E-state index in [1.807, 2.05) is 42.5 Å². The van der Waals surface area contributed by atoms with Crippen LogP contribution >= 0.6 is 0 Å². The first-order chi connectivity index (χ1) is 38.8. The average Bonchev–Trinajstić information content (AvgIpc) is 4.21. The zero-order valence-corrected chi connectivity index (χ0v) is 41.4. The molecular weight excluding hydrogens is 1020 g/mol. The van der Waals surface area contributed by atoms with Gasteiger partial charge in [0, 0.05) is 66.1 Å². The Morgan fingerprint density at radius 3 is 0.825 bits per heavy atom. The van der Waals surface area contributed by atoms with Gasteiger partial charge in [-0.25, -0.2) is 29.9 Å². The Kier molecular flexibility index (Phi) is 11.4. The van der Waals surface area contributed by atoms with Gasteiger partial charge < -0.3 is 51.9 Å². The lowest BCUT2D eigenvalue weighted by Gasteiger charge is -2.08. The van der Waals surface area contributed by atoms with Gasteiger partial charge in [-0.15, -0.1) is 0 Å². The second-order valence-corrected chi connectivity index (χ2v) is 18.4. The van der Waals surface area contributed by atoms with Crippen LogP contribution in [0.5, 0.6) is 46.0 Å². The number of nitrogens with zero attached hydrogens (tertiary/aromatic N) is 6. The van der Waals surface area contributed by atoms with Crippen LogP contribution in [0.1, 0.15) is 41.4 Å². The molecule has 5 heterocycles. The van der Waals surface area contributed by atoms with Gasteiger partial charge in [0.05, 0.1) is 0 Å². The number of rotatable bonds is 12. The van der Waals surface area contributed by atoms with Gasteiger partial charge in [-0.2, -0.15) is 0 Å². The molecule has 4 amide bonds. The van der Waals surface area contributed by atoms with Gasteiger partial charge >= 0.3 is 0 Å². The van der Waals surface area contributed by atoms with Crippen molar-refractivity contribution in [2.45, 2.75) is 0 Å². The Bertz CT molecular complexity index is 4600. The number of ether oxygens (including phenoxy) is 4. The van der Waals surface area contributed by atoms with Gasteiger partial charge in [-0.05, 0) is 170 Å². The highest BCUT2D eigenvalue weighted by Gasteiger charge is 2.25. The number of hydrogen-bond donors (Lipinski definition) is 6. The second kappa shape index (κ2) is 19.1. The van der Waals surface area contributed by atoms with Crippen LogP contribution in [0.25, 0.3) is 89.7 Å². The van der Waals surface area contributed by atoms with Crippen molar-refractivity contribution in [1.82, 2.24) is 39.9 Å². The van der Waals surface area contributed by atoms with E-state index < -0.39 is 23.6 Å². The molecule has 386 valence electrons. The van der Waals surface area contributed by atoms with Crippen molar-refractivity contribution in [3.05, 3.63) is 192 Å². The molecule has 0 aliphatic carbocycles. The fraction of sp³-hybridized carbons (Fsp3) is 0. The highest BCUT2D eigenvalue weighted by Crippen LogP contribution is 2.42. The zero-order chi connectivity index (χ0) is 54.8. The van der Waals surface area contributed by atoms with E-state index in [0.717, 1.165) is 0 Å². The second-order valence-electron chi connectivity index (χ2n) is 18.4. The van der Waals surface area contributed by atoms with Crippen molar-refractivity contribution in [2.24, 2.45) is 22.9 Å². The largest absolute Gasteiger partial charge is 0.457 e. The number of benzene rings is 8. The maximum absolute atomic E-state index is 11.8. The predicted molar refractivity (Wildman–Crippen MR) is 296 cm³/mol. The highest BCUT2D eigenvalue weighted by atomic mass is 16.5. The van der Waals surface area contributed by atoms with Crippen molar-refractivity contribution in [3.63, 3.8) is 0 Å². The summed E-state index contributed by atoms with van der Waals surface area (Å²) in [6.45, 7) is 0. The van der Waals surface area contributed by atoms with Gasteiger partial charge in [-0.1, -0.05) is 0 Å².